The van der Waals surface area contributed by atoms with E-state index in [0.29, 0.717) is 18.8 Å². The molecule has 10 nitrogen and oxygen atoms in total. The van der Waals surface area contributed by atoms with Crippen LogP contribution in [0.5, 0.6) is 11.6 Å². The van der Waals surface area contributed by atoms with Crippen LogP contribution in [0.4, 0.5) is 18.9 Å². The zero-order chi connectivity index (χ0) is 29.7. The largest absolute Gasteiger partial charge is 0.478 e. The number of carbonyl (C=O) groups excluding carboxylic acids is 1. The topological polar surface area (TPSA) is 120 Å². The second kappa shape index (κ2) is 12.7. The van der Waals surface area contributed by atoms with Crippen molar-refractivity contribution in [3.63, 3.8) is 0 Å². The third kappa shape index (κ3) is 7.20. The summed E-state index contributed by atoms with van der Waals surface area (Å²) in [4.78, 5) is 32.5. The molecule has 0 bridgehead atoms. The molecule has 2 heterocycles. The van der Waals surface area contributed by atoms with E-state index in [1.165, 1.54) is 47.5 Å². The zero-order valence-electron chi connectivity index (χ0n) is 23.0. The molecule has 1 fully saturated rings. The third-order valence-corrected chi connectivity index (χ3v) is 7.13. The van der Waals surface area contributed by atoms with E-state index in [4.69, 9.17) is 9.47 Å². The summed E-state index contributed by atoms with van der Waals surface area (Å²) in [5.74, 6) is -2.24. The molecule has 4 rings (SSSR count). The van der Waals surface area contributed by atoms with Crippen LogP contribution in [0.2, 0.25) is 0 Å². The number of carboxylic acid groups (broad SMARTS) is 1. The molecular formula is C28H32F3N5O5. The number of rotatable bonds is 10. The summed E-state index contributed by atoms with van der Waals surface area (Å²) in [5.41, 5.74) is -1.12. The summed E-state index contributed by atoms with van der Waals surface area (Å²) in [7, 11) is 1.48. The molecule has 13 heteroatoms. The van der Waals surface area contributed by atoms with Gasteiger partial charge in [-0.3, -0.25) is 4.79 Å². The van der Waals surface area contributed by atoms with Gasteiger partial charge in [0.15, 0.2) is 0 Å². The van der Waals surface area contributed by atoms with Crippen molar-refractivity contribution in [2.75, 3.05) is 18.6 Å². The number of hydrogen-bond acceptors (Lipinski definition) is 7. The number of ether oxygens (including phenoxy) is 2. The summed E-state index contributed by atoms with van der Waals surface area (Å²) in [6.45, 7) is 4.01. The molecule has 1 atom stereocenters. The first-order chi connectivity index (χ1) is 19.5. The van der Waals surface area contributed by atoms with Crippen molar-refractivity contribution in [2.24, 2.45) is 11.8 Å². The lowest BCUT2D eigenvalue weighted by molar-refractivity contribution is -0.139. The van der Waals surface area contributed by atoms with Crippen LogP contribution in [-0.4, -0.2) is 56.7 Å². The number of methoxy groups -OCH3 is 1. The second-order valence-corrected chi connectivity index (χ2v) is 10.3. The molecule has 1 amide bonds. The summed E-state index contributed by atoms with van der Waals surface area (Å²) in [5, 5.41) is 17.8. The van der Waals surface area contributed by atoms with Gasteiger partial charge in [-0.15, -0.1) is 0 Å². The fraction of sp³-hybridized carbons (Fsp3) is 0.464. The molecule has 1 saturated carbocycles. The molecule has 220 valence electrons. The quantitative estimate of drug-likeness (QED) is 0.340. The minimum absolute atomic E-state index is 0.0371. The van der Waals surface area contributed by atoms with E-state index in [1.807, 2.05) is 0 Å². The number of anilines is 1. The molecule has 3 aromatic rings. The van der Waals surface area contributed by atoms with Gasteiger partial charge < -0.3 is 19.5 Å². The van der Waals surface area contributed by atoms with Gasteiger partial charge in [0.05, 0.1) is 42.8 Å². The van der Waals surface area contributed by atoms with Crippen LogP contribution >= 0.6 is 0 Å². The summed E-state index contributed by atoms with van der Waals surface area (Å²) >= 11 is 0. The fourth-order valence-electron chi connectivity index (χ4n) is 5.02. The van der Waals surface area contributed by atoms with Crippen molar-refractivity contribution in [3.8, 4) is 11.6 Å². The van der Waals surface area contributed by atoms with Gasteiger partial charge >= 0.3 is 12.1 Å². The fourth-order valence-corrected chi connectivity index (χ4v) is 5.02. The minimum Gasteiger partial charge on any atom is -0.478 e. The number of halogens is 3. The maximum atomic E-state index is 13.9. The molecule has 0 radical (unpaired) electrons. The number of aromatic nitrogens is 4. The molecule has 41 heavy (non-hydrogen) atoms. The van der Waals surface area contributed by atoms with E-state index in [1.54, 1.807) is 6.92 Å². The molecule has 0 aliphatic heterocycles. The van der Waals surface area contributed by atoms with Gasteiger partial charge in [0.2, 0.25) is 11.8 Å². The predicted molar refractivity (Wildman–Crippen MR) is 142 cm³/mol. The number of pyridine rings is 1. The first kappa shape index (κ1) is 30.0. The van der Waals surface area contributed by atoms with E-state index in [2.05, 4.69) is 22.1 Å². The number of nitrogens with zero attached hydrogens (tertiary/aromatic N) is 5. The standard InChI is InChI=1S/C28H32F3N5O5/c1-17-4-6-20(7-5-17)26(37)36(18(2)16-40-3)24-9-8-21(13-22(24)27(38)39)41-25-23(28(29,30)31)12-19(14-32-25)15-35-33-10-11-34-35/h8-14,17-18,20H,4-7,15-16H2,1-3H3,(H,38,39)/t17?,18-,20?/m0/s1. The van der Waals surface area contributed by atoms with Gasteiger partial charge in [-0.05, 0) is 68.4 Å². The lowest BCUT2D eigenvalue weighted by Crippen LogP contribution is -2.46. The van der Waals surface area contributed by atoms with Gasteiger partial charge in [-0.2, -0.15) is 28.2 Å². The summed E-state index contributed by atoms with van der Waals surface area (Å²) < 4.78 is 52.5. The molecule has 0 unspecified atom stereocenters. The monoisotopic (exact) mass is 575 g/mol. The van der Waals surface area contributed by atoms with Gasteiger partial charge in [0, 0.05) is 19.2 Å². The Labute approximate surface area is 235 Å². The van der Waals surface area contributed by atoms with Gasteiger partial charge in [-0.1, -0.05) is 6.92 Å². The number of carbonyl (C=O) groups is 2. The first-order valence-electron chi connectivity index (χ1n) is 13.2. The second-order valence-electron chi connectivity index (χ2n) is 10.3. The van der Waals surface area contributed by atoms with Crippen molar-refractivity contribution >= 4 is 17.6 Å². The van der Waals surface area contributed by atoms with Crippen molar-refractivity contribution in [3.05, 3.63) is 59.5 Å². The summed E-state index contributed by atoms with van der Waals surface area (Å²) in [6, 6.07) is 4.19. The highest BCUT2D eigenvalue weighted by molar-refractivity contribution is 6.03. The Hall–Kier alpha value is -4.00. The van der Waals surface area contributed by atoms with Crippen LogP contribution in [0.15, 0.2) is 42.9 Å². The van der Waals surface area contributed by atoms with Crippen molar-refractivity contribution < 1.29 is 37.3 Å². The number of alkyl halides is 3. The van der Waals surface area contributed by atoms with Crippen LogP contribution < -0.4 is 9.64 Å². The van der Waals surface area contributed by atoms with E-state index in [9.17, 15) is 27.9 Å². The van der Waals surface area contributed by atoms with Crippen molar-refractivity contribution in [2.45, 2.75) is 58.3 Å². The highest BCUT2D eigenvalue weighted by Gasteiger charge is 2.37. The maximum absolute atomic E-state index is 13.9. The van der Waals surface area contributed by atoms with E-state index < -0.39 is 29.6 Å². The molecular weight excluding hydrogens is 543 g/mol. The SMILES string of the molecule is COC[C@H](C)N(C(=O)C1CCC(C)CC1)c1ccc(Oc2ncc(Cn3nccn3)cc2C(F)(F)F)cc1C(=O)O. The van der Waals surface area contributed by atoms with Crippen LogP contribution in [-0.2, 0) is 22.3 Å². The molecule has 1 aliphatic carbocycles. The van der Waals surface area contributed by atoms with Crippen LogP contribution in [0.3, 0.4) is 0 Å². The average Bonchev–Trinajstić information content (AvgIpc) is 3.43. The van der Waals surface area contributed by atoms with Crippen molar-refractivity contribution in [1.82, 2.24) is 20.0 Å². The first-order valence-corrected chi connectivity index (χ1v) is 13.2. The highest BCUT2D eigenvalue weighted by Crippen LogP contribution is 2.39. The molecule has 1 N–H and O–H groups in total. The Balaban J connectivity index is 1.67. The lowest BCUT2D eigenvalue weighted by Gasteiger charge is -2.35. The number of amides is 1. The average molecular weight is 576 g/mol. The van der Waals surface area contributed by atoms with Gasteiger partial charge in [-0.25, -0.2) is 9.78 Å². The van der Waals surface area contributed by atoms with Crippen molar-refractivity contribution in [1.29, 1.82) is 0 Å². The lowest BCUT2D eigenvalue weighted by atomic mass is 9.82. The van der Waals surface area contributed by atoms with E-state index in [-0.39, 0.29) is 47.5 Å². The van der Waals surface area contributed by atoms with Gasteiger partial charge in [0.1, 0.15) is 11.3 Å². The van der Waals surface area contributed by atoms with Crippen LogP contribution in [0.1, 0.15) is 61.0 Å². The van der Waals surface area contributed by atoms with Crippen LogP contribution in [0, 0.1) is 11.8 Å². The summed E-state index contributed by atoms with van der Waals surface area (Å²) in [6.07, 6.45) is 2.38. The van der Waals surface area contributed by atoms with E-state index in [0.717, 1.165) is 25.0 Å². The highest BCUT2D eigenvalue weighted by atomic mass is 19.4. The molecule has 2 aromatic heterocycles. The Bertz CT molecular complexity index is 1360. The number of carboxylic acids is 1. The Morgan fingerprint density at radius 1 is 1.15 bits per heavy atom. The van der Waals surface area contributed by atoms with Gasteiger partial charge in [0.25, 0.3) is 0 Å². The smallest absolute Gasteiger partial charge is 0.421 e. The van der Waals surface area contributed by atoms with Crippen LogP contribution in [0.25, 0.3) is 0 Å². The normalized spacial score (nSPS) is 18.1. The molecule has 0 spiro atoms. The Morgan fingerprint density at radius 3 is 2.44 bits per heavy atom. The molecule has 0 saturated heterocycles. The molecule has 1 aromatic carbocycles. The minimum atomic E-state index is -4.80. The zero-order valence-corrected chi connectivity index (χ0v) is 23.0. The Kier molecular flexibility index (Phi) is 9.26. The predicted octanol–water partition coefficient (Wildman–Crippen LogP) is 5.42. The van der Waals surface area contributed by atoms with E-state index >= 15 is 0 Å². The molecule has 1 aliphatic rings. The number of aromatic carboxylic acids is 1. The third-order valence-electron chi connectivity index (χ3n) is 7.13. The number of hydrogen-bond donors (Lipinski definition) is 1. The maximum Gasteiger partial charge on any atom is 0.421 e. The Morgan fingerprint density at radius 2 is 1.83 bits per heavy atom. The number of benzene rings is 1.